The number of carbonyl (C=O) groups is 2. The monoisotopic (exact) mass is 518 g/mol. The Morgan fingerprint density at radius 1 is 1.27 bits per heavy atom. The second-order valence-corrected chi connectivity index (χ2v) is 9.98. The van der Waals surface area contributed by atoms with Crippen LogP contribution in [0.2, 0.25) is 0 Å². The summed E-state index contributed by atoms with van der Waals surface area (Å²) in [6, 6.07) is 13.5. The van der Waals surface area contributed by atoms with Gasteiger partial charge >= 0.3 is 6.09 Å². The Morgan fingerprint density at radius 3 is 2.89 bits per heavy atom. The van der Waals surface area contributed by atoms with Crippen molar-refractivity contribution in [1.29, 1.82) is 5.26 Å². The van der Waals surface area contributed by atoms with E-state index in [1.807, 2.05) is 6.07 Å². The average molecular weight is 519 g/mol. The molecule has 3 aromatic rings. The van der Waals surface area contributed by atoms with Crippen molar-refractivity contribution < 1.29 is 19.1 Å². The minimum atomic E-state index is -1.19. The van der Waals surface area contributed by atoms with E-state index in [1.165, 1.54) is 7.11 Å². The quantitative estimate of drug-likeness (QED) is 0.500. The number of hydrogen-bond donors (Lipinski definition) is 2. The molecule has 1 aromatic carbocycles. The van der Waals surface area contributed by atoms with Gasteiger partial charge in [0.1, 0.15) is 11.6 Å². The highest BCUT2D eigenvalue weighted by atomic mass is 32.2. The number of amides is 2. The maximum atomic E-state index is 12.8. The molecule has 0 bridgehead atoms. The van der Waals surface area contributed by atoms with Gasteiger partial charge in [-0.2, -0.15) is 5.26 Å². The number of carbonyl (C=O) groups excluding carboxylic acids is 2. The van der Waals surface area contributed by atoms with Crippen LogP contribution in [0.4, 0.5) is 16.2 Å². The summed E-state index contributed by atoms with van der Waals surface area (Å²) in [7, 11) is 1.51. The van der Waals surface area contributed by atoms with Gasteiger partial charge in [-0.1, -0.05) is 6.07 Å². The summed E-state index contributed by atoms with van der Waals surface area (Å²) in [4.78, 5) is 36.4. The smallest absolute Gasteiger partial charge is 0.413 e. The molecule has 2 aliphatic rings. The summed E-state index contributed by atoms with van der Waals surface area (Å²) in [5.74, 6) is 0.874. The number of nitrogens with zero attached hydrogens (tertiary/aromatic N) is 4. The molecule has 1 fully saturated rings. The lowest BCUT2D eigenvalue weighted by Crippen LogP contribution is -2.47. The molecule has 190 valence electrons. The van der Waals surface area contributed by atoms with Crippen LogP contribution in [0, 0.1) is 11.3 Å². The van der Waals surface area contributed by atoms with Crippen molar-refractivity contribution in [2.24, 2.45) is 0 Å². The Hall–Kier alpha value is -3.88. The molecule has 4 heterocycles. The number of fused-ring (bicyclic) bond motifs is 2. The van der Waals surface area contributed by atoms with Crippen molar-refractivity contribution >= 4 is 46.2 Å². The molecule has 10 nitrogen and oxygen atoms in total. The number of nitriles is 1. The van der Waals surface area contributed by atoms with Gasteiger partial charge in [-0.3, -0.25) is 15.1 Å². The Bertz CT molecular complexity index is 1380. The van der Waals surface area contributed by atoms with Crippen LogP contribution in [-0.4, -0.2) is 65.0 Å². The van der Waals surface area contributed by atoms with Gasteiger partial charge in [-0.05, 0) is 36.2 Å². The second-order valence-electron chi connectivity index (χ2n) is 8.96. The SMILES string of the molecule is COc1ccc2nccc(NC(=O)OC3(C#N)CCN(CCc4ccc5c(c4)NC(=O)CS5)CC3)c2n1. The minimum absolute atomic E-state index is 0.0238. The van der Waals surface area contributed by atoms with Crippen LogP contribution in [0.3, 0.4) is 0 Å². The molecule has 0 unspecified atom stereocenters. The van der Waals surface area contributed by atoms with Crippen LogP contribution in [0.1, 0.15) is 18.4 Å². The number of piperidine rings is 1. The molecule has 2 aliphatic heterocycles. The summed E-state index contributed by atoms with van der Waals surface area (Å²) in [5.41, 5.74) is 2.32. The van der Waals surface area contributed by atoms with Gasteiger partial charge in [0, 0.05) is 49.6 Å². The number of pyridine rings is 2. The van der Waals surface area contributed by atoms with Crippen LogP contribution < -0.4 is 15.4 Å². The van der Waals surface area contributed by atoms with Crippen LogP contribution in [0.25, 0.3) is 11.0 Å². The molecular weight excluding hydrogens is 492 g/mol. The normalized spacial score (nSPS) is 16.8. The van der Waals surface area contributed by atoms with Gasteiger partial charge in [0.25, 0.3) is 0 Å². The molecular formula is C26H26N6O4S. The minimum Gasteiger partial charge on any atom is -0.481 e. The Balaban J connectivity index is 1.17. The number of thioether (sulfide) groups is 1. The third kappa shape index (κ3) is 5.60. The van der Waals surface area contributed by atoms with E-state index in [4.69, 9.17) is 9.47 Å². The first kappa shape index (κ1) is 24.8. The third-order valence-corrected chi connectivity index (χ3v) is 7.63. The Morgan fingerprint density at radius 2 is 2.11 bits per heavy atom. The van der Waals surface area contributed by atoms with Crippen LogP contribution in [-0.2, 0) is 16.0 Å². The van der Waals surface area contributed by atoms with Crippen molar-refractivity contribution in [2.75, 3.05) is 43.1 Å². The molecule has 2 aromatic heterocycles. The number of ether oxygens (including phenoxy) is 2. The van der Waals surface area contributed by atoms with Crippen molar-refractivity contribution in [2.45, 2.75) is 29.8 Å². The molecule has 0 saturated carbocycles. The number of likely N-dealkylation sites (tertiary alicyclic amines) is 1. The highest BCUT2D eigenvalue weighted by molar-refractivity contribution is 8.00. The predicted octanol–water partition coefficient (Wildman–Crippen LogP) is 3.83. The van der Waals surface area contributed by atoms with Crippen molar-refractivity contribution in [1.82, 2.24) is 14.9 Å². The van der Waals surface area contributed by atoms with E-state index in [0.29, 0.717) is 54.3 Å². The fourth-order valence-corrected chi connectivity index (χ4v) is 5.27. The van der Waals surface area contributed by atoms with E-state index < -0.39 is 11.7 Å². The Kier molecular flexibility index (Phi) is 7.12. The average Bonchev–Trinajstić information content (AvgIpc) is 2.92. The first-order valence-corrected chi connectivity index (χ1v) is 12.9. The summed E-state index contributed by atoms with van der Waals surface area (Å²) in [5, 5.41) is 15.5. The van der Waals surface area contributed by atoms with E-state index in [1.54, 1.807) is 36.2 Å². The number of methoxy groups -OCH3 is 1. The lowest BCUT2D eigenvalue weighted by atomic mass is 9.92. The third-order valence-electron chi connectivity index (χ3n) is 6.55. The van der Waals surface area contributed by atoms with Crippen molar-refractivity contribution in [3.05, 3.63) is 48.2 Å². The van der Waals surface area contributed by atoms with E-state index >= 15 is 0 Å². The van der Waals surface area contributed by atoms with E-state index in [0.717, 1.165) is 29.1 Å². The maximum absolute atomic E-state index is 12.8. The van der Waals surface area contributed by atoms with Gasteiger partial charge in [0.05, 0.1) is 29.8 Å². The van der Waals surface area contributed by atoms with Crippen LogP contribution in [0.15, 0.2) is 47.5 Å². The Labute approximate surface area is 218 Å². The first-order chi connectivity index (χ1) is 18.0. The molecule has 37 heavy (non-hydrogen) atoms. The largest absolute Gasteiger partial charge is 0.481 e. The fourth-order valence-electron chi connectivity index (χ4n) is 4.48. The van der Waals surface area contributed by atoms with E-state index in [9.17, 15) is 14.9 Å². The summed E-state index contributed by atoms with van der Waals surface area (Å²) in [6.45, 7) is 2.08. The molecule has 2 N–H and O–H groups in total. The molecule has 0 atom stereocenters. The molecule has 2 amide bonds. The van der Waals surface area contributed by atoms with Crippen LogP contribution >= 0.6 is 11.8 Å². The highest BCUT2D eigenvalue weighted by Gasteiger charge is 2.38. The summed E-state index contributed by atoms with van der Waals surface area (Å²) in [6.07, 6.45) is 2.51. The van der Waals surface area contributed by atoms with Crippen molar-refractivity contribution in [3.63, 3.8) is 0 Å². The zero-order chi connectivity index (χ0) is 25.8. The van der Waals surface area contributed by atoms with Gasteiger partial charge in [-0.25, -0.2) is 9.78 Å². The summed E-state index contributed by atoms with van der Waals surface area (Å²) >= 11 is 1.55. The predicted molar refractivity (Wildman–Crippen MR) is 140 cm³/mol. The number of nitrogens with one attached hydrogen (secondary N) is 2. The zero-order valence-electron chi connectivity index (χ0n) is 20.3. The van der Waals surface area contributed by atoms with Gasteiger partial charge < -0.3 is 19.7 Å². The topological polar surface area (TPSA) is 129 Å². The second kappa shape index (κ2) is 10.6. The fraction of sp³-hybridized carbons (Fsp3) is 0.346. The van der Waals surface area contributed by atoms with Gasteiger partial charge in [0.2, 0.25) is 17.4 Å². The number of aromatic nitrogens is 2. The van der Waals surface area contributed by atoms with Crippen molar-refractivity contribution in [3.8, 4) is 11.9 Å². The maximum Gasteiger partial charge on any atom is 0.413 e. The standard InChI is InChI=1S/C26H26N6O4S/c1-35-23-5-3-18-24(31-23)19(6-10-28-18)30-25(34)36-26(16-27)8-12-32(13-9-26)11-7-17-2-4-21-20(14-17)29-22(33)15-37-21/h2-6,10,14H,7-9,11-13,15H2,1H3,(H,29,33)(H,28,30,34). The van der Waals surface area contributed by atoms with Gasteiger partial charge in [0.15, 0.2) is 0 Å². The molecule has 1 saturated heterocycles. The zero-order valence-corrected chi connectivity index (χ0v) is 21.1. The van der Waals surface area contributed by atoms with Crippen LogP contribution in [0.5, 0.6) is 5.88 Å². The van der Waals surface area contributed by atoms with Gasteiger partial charge in [-0.15, -0.1) is 11.8 Å². The van der Waals surface area contributed by atoms with E-state index in [-0.39, 0.29) is 5.91 Å². The number of hydrogen-bond acceptors (Lipinski definition) is 9. The number of anilines is 2. The lowest BCUT2D eigenvalue weighted by Gasteiger charge is -2.36. The number of rotatable bonds is 6. The lowest BCUT2D eigenvalue weighted by molar-refractivity contribution is -0.113. The van der Waals surface area contributed by atoms with E-state index in [2.05, 4.69) is 43.7 Å². The molecule has 5 rings (SSSR count). The highest BCUT2D eigenvalue weighted by Crippen LogP contribution is 2.32. The molecule has 0 aliphatic carbocycles. The number of benzene rings is 1. The molecule has 0 spiro atoms. The summed E-state index contributed by atoms with van der Waals surface area (Å²) < 4.78 is 10.8. The molecule has 11 heteroatoms. The molecule has 0 radical (unpaired) electrons. The first-order valence-electron chi connectivity index (χ1n) is 12.0.